The van der Waals surface area contributed by atoms with Crippen molar-refractivity contribution in [1.29, 1.82) is 0 Å². The van der Waals surface area contributed by atoms with E-state index in [9.17, 15) is 4.39 Å². The number of rotatable bonds is 4. The fourth-order valence-electron chi connectivity index (χ4n) is 1.42. The minimum atomic E-state index is -0.192. The van der Waals surface area contributed by atoms with Crippen LogP contribution in [-0.2, 0) is 13.1 Å². The fourth-order valence-corrected chi connectivity index (χ4v) is 1.42. The molecule has 15 heavy (non-hydrogen) atoms. The normalized spacial score (nSPS) is 10.5. The van der Waals surface area contributed by atoms with Gasteiger partial charge in [0.1, 0.15) is 5.82 Å². The minimum absolute atomic E-state index is 0.192. The Kier molecular flexibility index (Phi) is 3.15. The molecule has 0 aliphatic rings. The maximum absolute atomic E-state index is 12.6. The summed E-state index contributed by atoms with van der Waals surface area (Å²) in [5.74, 6) is -0.192. The predicted molar refractivity (Wildman–Crippen MR) is 57.7 cm³/mol. The molecule has 0 aliphatic heterocycles. The van der Waals surface area contributed by atoms with Crippen LogP contribution in [0.5, 0.6) is 0 Å². The Labute approximate surface area is 88.1 Å². The van der Waals surface area contributed by atoms with Crippen LogP contribution in [0.1, 0.15) is 11.3 Å². The third-order valence-corrected chi connectivity index (χ3v) is 2.22. The van der Waals surface area contributed by atoms with Crippen LogP contribution in [0.4, 0.5) is 4.39 Å². The van der Waals surface area contributed by atoms with Gasteiger partial charge in [0.05, 0.1) is 0 Å². The van der Waals surface area contributed by atoms with Crippen molar-refractivity contribution in [2.45, 2.75) is 13.1 Å². The molecule has 0 unspecified atom stereocenters. The molecular weight excluding hydrogens is 191 g/mol. The maximum Gasteiger partial charge on any atom is 0.123 e. The number of benzene rings is 1. The summed E-state index contributed by atoms with van der Waals surface area (Å²) in [7, 11) is 0. The van der Waals surface area contributed by atoms with Crippen molar-refractivity contribution < 1.29 is 4.39 Å². The summed E-state index contributed by atoms with van der Waals surface area (Å²) in [6.45, 7) is 1.55. The Morgan fingerprint density at radius 3 is 2.53 bits per heavy atom. The molecule has 0 amide bonds. The van der Waals surface area contributed by atoms with Gasteiger partial charge in [-0.05, 0) is 29.8 Å². The number of H-pyrrole nitrogens is 1. The highest BCUT2D eigenvalue weighted by Crippen LogP contribution is 2.02. The van der Waals surface area contributed by atoms with E-state index in [0.717, 1.165) is 24.3 Å². The van der Waals surface area contributed by atoms with E-state index < -0.39 is 0 Å². The summed E-state index contributed by atoms with van der Waals surface area (Å²) < 4.78 is 12.6. The van der Waals surface area contributed by atoms with Crippen LogP contribution in [0, 0.1) is 5.82 Å². The van der Waals surface area contributed by atoms with Crippen molar-refractivity contribution in [2.24, 2.45) is 0 Å². The summed E-state index contributed by atoms with van der Waals surface area (Å²) in [6, 6.07) is 10.5. The Morgan fingerprint density at radius 2 is 1.87 bits per heavy atom. The zero-order valence-corrected chi connectivity index (χ0v) is 8.33. The van der Waals surface area contributed by atoms with Gasteiger partial charge in [0.25, 0.3) is 0 Å². The van der Waals surface area contributed by atoms with Gasteiger partial charge in [0.2, 0.25) is 0 Å². The van der Waals surface area contributed by atoms with Gasteiger partial charge in [-0.15, -0.1) is 0 Å². The van der Waals surface area contributed by atoms with Crippen molar-refractivity contribution in [3.8, 4) is 0 Å². The number of hydrogen-bond acceptors (Lipinski definition) is 1. The highest BCUT2D eigenvalue weighted by atomic mass is 19.1. The average molecular weight is 204 g/mol. The summed E-state index contributed by atoms with van der Waals surface area (Å²) >= 11 is 0. The summed E-state index contributed by atoms with van der Waals surface area (Å²) in [5, 5.41) is 3.27. The molecule has 2 N–H and O–H groups in total. The average Bonchev–Trinajstić information content (AvgIpc) is 2.74. The lowest BCUT2D eigenvalue weighted by Crippen LogP contribution is -2.12. The molecule has 2 nitrogen and oxygen atoms in total. The fraction of sp³-hybridized carbons (Fsp3) is 0.167. The predicted octanol–water partition coefficient (Wildman–Crippen LogP) is 2.44. The van der Waals surface area contributed by atoms with Crippen molar-refractivity contribution >= 4 is 0 Å². The highest BCUT2D eigenvalue weighted by Gasteiger charge is 1.94. The molecule has 0 fully saturated rings. The number of nitrogens with one attached hydrogen (secondary N) is 2. The zero-order chi connectivity index (χ0) is 10.5. The molecule has 0 spiro atoms. The number of hydrogen-bond donors (Lipinski definition) is 2. The molecule has 3 heteroatoms. The summed E-state index contributed by atoms with van der Waals surface area (Å²) in [6.07, 6.45) is 1.90. The quantitative estimate of drug-likeness (QED) is 0.786. The second-order valence-corrected chi connectivity index (χ2v) is 3.43. The smallest absolute Gasteiger partial charge is 0.123 e. The molecule has 1 aromatic carbocycles. The lowest BCUT2D eigenvalue weighted by molar-refractivity contribution is 0.624. The SMILES string of the molecule is Fc1ccc(CNCc2ccc[nH]2)cc1. The van der Waals surface area contributed by atoms with Gasteiger partial charge in [-0.25, -0.2) is 4.39 Å². The second-order valence-electron chi connectivity index (χ2n) is 3.43. The van der Waals surface area contributed by atoms with E-state index in [-0.39, 0.29) is 5.82 Å². The highest BCUT2D eigenvalue weighted by molar-refractivity contribution is 5.15. The third kappa shape index (κ3) is 2.92. The van der Waals surface area contributed by atoms with Crippen molar-refractivity contribution in [3.05, 3.63) is 59.7 Å². The molecule has 0 aliphatic carbocycles. The van der Waals surface area contributed by atoms with E-state index >= 15 is 0 Å². The van der Waals surface area contributed by atoms with E-state index in [4.69, 9.17) is 0 Å². The Hall–Kier alpha value is -1.61. The second kappa shape index (κ2) is 4.75. The molecule has 2 aromatic rings. The van der Waals surface area contributed by atoms with Gasteiger partial charge < -0.3 is 10.3 Å². The molecule has 1 aromatic heterocycles. The first-order valence-corrected chi connectivity index (χ1v) is 4.92. The van der Waals surface area contributed by atoms with Crippen LogP contribution < -0.4 is 5.32 Å². The number of aromatic amines is 1. The first-order valence-electron chi connectivity index (χ1n) is 4.92. The molecule has 0 saturated heterocycles. The van der Waals surface area contributed by atoms with Gasteiger partial charge >= 0.3 is 0 Å². The zero-order valence-electron chi connectivity index (χ0n) is 8.33. The Morgan fingerprint density at radius 1 is 1.07 bits per heavy atom. The Balaban J connectivity index is 1.81. The molecule has 78 valence electrons. The molecule has 0 saturated carbocycles. The molecule has 1 heterocycles. The lowest BCUT2D eigenvalue weighted by atomic mass is 10.2. The monoisotopic (exact) mass is 204 g/mol. The summed E-state index contributed by atoms with van der Waals surface area (Å²) in [4.78, 5) is 3.11. The van der Waals surface area contributed by atoms with Crippen LogP contribution in [-0.4, -0.2) is 4.98 Å². The van der Waals surface area contributed by atoms with E-state index in [1.165, 1.54) is 12.1 Å². The van der Waals surface area contributed by atoms with Gasteiger partial charge in [0.15, 0.2) is 0 Å². The Bertz CT molecular complexity index is 392. The van der Waals surface area contributed by atoms with Crippen LogP contribution in [0.15, 0.2) is 42.6 Å². The van der Waals surface area contributed by atoms with Crippen molar-refractivity contribution in [1.82, 2.24) is 10.3 Å². The van der Waals surface area contributed by atoms with E-state index in [1.807, 2.05) is 18.3 Å². The first kappa shape index (κ1) is 9.93. The van der Waals surface area contributed by atoms with Crippen LogP contribution in [0.25, 0.3) is 0 Å². The lowest BCUT2D eigenvalue weighted by Gasteiger charge is -2.03. The number of halogens is 1. The van der Waals surface area contributed by atoms with Crippen LogP contribution >= 0.6 is 0 Å². The standard InChI is InChI=1S/C12H13FN2/c13-11-5-3-10(4-6-11)8-14-9-12-2-1-7-15-12/h1-7,14-15H,8-9H2. The van der Waals surface area contributed by atoms with E-state index in [0.29, 0.717) is 0 Å². The van der Waals surface area contributed by atoms with Gasteiger partial charge in [-0.2, -0.15) is 0 Å². The van der Waals surface area contributed by atoms with Crippen molar-refractivity contribution in [2.75, 3.05) is 0 Å². The largest absolute Gasteiger partial charge is 0.364 e. The van der Waals surface area contributed by atoms with Crippen LogP contribution in [0.3, 0.4) is 0 Å². The molecule has 0 radical (unpaired) electrons. The van der Waals surface area contributed by atoms with E-state index in [1.54, 1.807) is 12.1 Å². The van der Waals surface area contributed by atoms with E-state index in [2.05, 4.69) is 10.3 Å². The first-order chi connectivity index (χ1) is 7.34. The van der Waals surface area contributed by atoms with Gasteiger partial charge in [-0.3, -0.25) is 0 Å². The van der Waals surface area contributed by atoms with Gasteiger partial charge in [-0.1, -0.05) is 12.1 Å². The molecule has 0 atom stereocenters. The van der Waals surface area contributed by atoms with Crippen molar-refractivity contribution in [3.63, 3.8) is 0 Å². The van der Waals surface area contributed by atoms with Gasteiger partial charge in [0, 0.05) is 25.0 Å². The topological polar surface area (TPSA) is 27.8 Å². The molecular formula is C12H13FN2. The maximum atomic E-state index is 12.6. The number of aromatic nitrogens is 1. The summed E-state index contributed by atoms with van der Waals surface area (Å²) in [5.41, 5.74) is 2.24. The molecule has 0 bridgehead atoms. The minimum Gasteiger partial charge on any atom is -0.364 e. The molecule has 2 rings (SSSR count). The third-order valence-electron chi connectivity index (χ3n) is 2.22. The van der Waals surface area contributed by atoms with Crippen LogP contribution in [0.2, 0.25) is 0 Å².